The maximum absolute atomic E-state index is 12.6. The first-order chi connectivity index (χ1) is 14.4. The fourth-order valence-electron chi connectivity index (χ4n) is 3.36. The highest BCUT2D eigenvalue weighted by atomic mass is 16.5. The highest BCUT2D eigenvalue weighted by Crippen LogP contribution is 2.30. The van der Waals surface area contributed by atoms with Gasteiger partial charge in [-0.3, -0.25) is 4.79 Å². The number of hydrogen-bond acceptors (Lipinski definition) is 5. The third-order valence-electron chi connectivity index (χ3n) is 5.05. The van der Waals surface area contributed by atoms with Crippen LogP contribution in [0.1, 0.15) is 61.2 Å². The molecule has 0 bridgehead atoms. The molecular weight excluding hydrogens is 378 g/mol. The zero-order valence-electron chi connectivity index (χ0n) is 18.2. The number of hydrogen-bond donors (Lipinski definition) is 3. The smallest absolute Gasteiger partial charge is 0.343 e. The van der Waals surface area contributed by atoms with Crippen LogP contribution in [0, 0.1) is 11.3 Å². The van der Waals surface area contributed by atoms with Gasteiger partial charge in [0.2, 0.25) is 0 Å². The van der Waals surface area contributed by atoms with Crippen LogP contribution in [0.2, 0.25) is 0 Å². The van der Waals surface area contributed by atoms with Gasteiger partial charge in [-0.05, 0) is 54.9 Å². The molecule has 0 aliphatic heterocycles. The maximum Gasteiger partial charge on any atom is 0.343 e. The fraction of sp³-hybridized carbons (Fsp3) is 0.375. The number of aromatic nitrogens is 1. The molecule has 30 heavy (non-hydrogen) atoms. The van der Waals surface area contributed by atoms with Crippen molar-refractivity contribution in [2.24, 2.45) is 11.7 Å². The van der Waals surface area contributed by atoms with Crippen molar-refractivity contribution < 1.29 is 9.53 Å². The summed E-state index contributed by atoms with van der Waals surface area (Å²) in [7, 11) is 0. The van der Waals surface area contributed by atoms with Crippen LogP contribution in [-0.4, -0.2) is 23.8 Å². The first kappa shape index (κ1) is 23.1. The Morgan fingerprint density at radius 1 is 1.20 bits per heavy atom. The van der Waals surface area contributed by atoms with Gasteiger partial charge in [-0.1, -0.05) is 26.8 Å². The van der Waals surface area contributed by atoms with Crippen molar-refractivity contribution in [3.63, 3.8) is 0 Å². The summed E-state index contributed by atoms with van der Waals surface area (Å²) in [6.07, 6.45) is 6.68. The first-order valence-corrected chi connectivity index (χ1v) is 10.3. The van der Waals surface area contributed by atoms with Crippen LogP contribution < -0.4 is 11.2 Å². The second kappa shape index (κ2) is 10.6. The molecule has 0 fully saturated rings. The molecule has 0 unspecified atom stereocenters. The van der Waals surface area contributed by atoms with Gasteiger partial charge in [-0.15, -0.1) is 0 Å². The molecule has 1 heterocycles. The number of rotatable bonds is 9. The SMILES string of the molecule is CCOC(=O)c1c[nH]c(-c2cc(CC)c(/C(C=N)=C/N)cc2CCC(C)C)cc1=O. The predicted octanol–water partition coefficient (Wildman–Crippen LogP) is 4.32. The molecule has 1 aromatic heterocycles. The van der Waals surface area contributed by atoms with Crippen molar-refractivity contribution in [2.75, 3.05) is 6.61 Å². The second-order valence-corrected chi connectivity index (χ2v) is 7.56. The number of nitrogens with two attached hydrogens (primary N) is 1. The zero-order valence-corrected chi connectivity index (χ0v) is 18.2. The normalized spacial score (nSPS) is 11.6. The Hall–Kier alpha value is -3.15. The predicted molar refractivity (Wildman–Crippen MR) is 122 cm³/mol. The number of esters is 1. The molecule has 0 radical (unpaired) electrons. The Balaban J connectivity index is 2.65. The average molecular weight is 410 g/mol. The van der Waals surface area contributed by atoms with E-state index in [0.717, 1.165) is 41.5 Å². The Kier molecular flexibility index (Phi) is 8.16. The van der Waals surface area contributed by atoms with Crippen molar-refractivity contribution in [3.05, 3.63) is 63.1 Å². The topological polar surface area (TPSA) is 109 Å². The lowest BCUT2D eigenvalue weighted by molar-refractivity contribution is 0.0524. The van der Waals surface area contributed by atoms with E-state index in [9.17, 15) is 9.59 Å². The Labute approximate surface area is 177 Å². The minimum atomic E-state index is -0.626. The number of carbonyl (C=O) groups excluding carboxylic acids is 1. The van der Waals surface area contributed by atoms with Gasteiger partial charge < -0.3 is 20.9 Å². The van der Waals surface area contributed by atoms with E-state index in [4.69, 9.17) is 15.9 Å². The van der Waals surface area contributed by atoms with Gasteiger partial charge in [0, 0.05) is 41.5 Å². The van der Waals surface area contributed by atoms with E-state index in [0.29, 0.717) is 17.2 Å². The monoisotopic (exact) mass is 409 g/mol. The minimum Gasteiger partial charge on any atom is -0.462 e. The standard InChI is InChI=1S/C24H31N3O3/c1-5-16-9-20(22-11-23(28)21(14-27-22)24(29)30-6-2)17(8-7-15(3)4)10-19(16)18(12-25)13-26/h9-15,25H,5-8,26H2,1-4H3,(H,27,28)/b18-13+,25-12?. The lowest BCUT2D eigenvalue weighted by Gasteiger charge is -2.17. The molecular formula is C24H31N3O3. The molecule has 1 aromatic carbocycles. The summed E-state index contributed by atoms with van der Waals surface area (Å²) < 4.78 is 4.95. The number of aromatic amines is 1. The molecule has 6 nitrogen and oxygen atoms in total. The first-order valence-electron chi connectivity index (χ1n) is 10.3. The largest absolute Gasteiger partial charge is 0.462 e. The molecule has 0 saturated carbocycles. The number of ether oxygens (including phenoxy) is 1. The number of carbonyl (C=O) groups is 1. The summed E-state index contributed by atoms with van der Waals surface area (Å²) in [6, 6.07) is 5.57. The molecule has 160 valence electrons. The number of nitrogens with one attached hydrogen (secondary N) is 2. The van der Waals surface area contributed by atoms with E-state index >= 15 is 0 Å². The third kappa shape index (κ3) is 5.26. The lowest BCUT2D eigenvalue weighted by Crippen LogP contribution is -2.17. The van der Waals surface area contributed by atoms with Crippen LogP contribution in [0.3, 0.4) is 0 Å². The van der Waals surface area contributed by atoms with E-state index in [1.54, 1.807) is 6.92 Å². The molecule has 2 rings (SSSR count). The number of H-pyrrole nitrogens is 1. The van der Waals surface area contributed by atoms with Crippen LogP contribution in [0.25, 0.3) is 16.8 Å². The minimum absolute atomic E-state index is 0.00572. The maximum atomic E-state index is 12.6. The molecule has 6 heteroatoms. The van der Waals surface area contributed by atoms with Crippen LogP contribution >= 0.6 is 0 Å². The summed E-state index contributed by atoms with van der Waals surface area (Å²) in [5.74, 6) is -0.108. The number of aryl methyl sites for hydroxylation is 2. The lowest BCUT2D eigenvalue weighted by atomic mass is 9.88. The van der Waals surface area contributed by atoms with E-state index in [1.807, 2.05) is 13.0 Å². The van der Waals surface area contributed by atoms with E-state index in [2.05, 4.69) is 24.9 Å². The summed E-state index contributed by atoms with van der Waals surface area (Å²) in [5.41, 5.74) is 10.6. The average Bonchev–Trinajstić information content (AvgIpc) is 2.73. The molecule has 0 spiro atoms. The van der Waals surface area contributed by atoms with Gasteiger partial charge in [0.05, 0.1) is 6.61 Å². The summed E-state index contributed by atoms with van der Waals surface area (Å²) >= 11 is 0. The molecule has 2 aromatic rings. The Bertz CT molecular complexity index is 1000. The molecule has 0 saturated heterocycles. The van der Waals surface area contributed by atoms with Gasteiger partial charge in [-0.2, -0.15) is 0 Å². The Morgan fingerprint density at radius 2 is 1.93 bits per heavy atom. The van der Waals surface area contributed by atoms with Crippen LogP contribution in [0.5, 0.6) is 0 Å². The van der Waals surface area contributed by atoms with E-state index in [-0.39, 0.29) is 17.6 Å². The van der Waals surface area contributed by atoms with E-state index in [1.165, 1.54) is 24.7 Å². The third-order valence-corrected chi connectivity index (χ3v) is 5.05. The van der Waals surface area contributed by atoms with Crippen molar-refractivity contribution in [1.82, 2.24) is 4.98 Å². The quantitative estimate of drug-likeness (QED) is 0.423. The van der Waals surface area contributed by atoms with Gasteiger partial charge in [0.15, 0.2) is 5.43 Å². The van der Waals surface area contributed by atoms with Gasteiger partial charge >= 0.3 is 5.97 Å². The Morgan fingerprint density at radius 3 is 2.47 bits per heavy atom. The van der Waals surface area contributed by atoms with Crippen LogP contribution in [0.15, 0.2) is 35.4 Å². The van der Waals surface area contributed by atoms with Crippen molar-refractivity contribution in [3.8, 4) is 11.3 Å². The molecule has 0 atom stereocenters. The van der Waals surface area contributed by atoms with Gasteiger partial charge in [0.25, 0.3) is 0 Å². The number of allylic oxidation sites excluding steroid dienone is 1. The van der Waals surface area contributed by atoms with Crippen molar-refractivity contribution in [2.45, 2.75) is 47.0 Å². The summed E-state index contributed by atoms with van der Waals surface area (Å²) in [6.45, 7) is 8.29. The zero-order chi connectivity index (χ0) is 22.3. The summed E-state index contributed by atoms with van der Waals surface area (Å²) in [4.78, 5) is 27.6. The van der Waals surface area contributed by atoms with Gasteiger partial charge in [-0.25, -0.2) is 4.79 Å². The fourth-order valence-corrected chi connectivity index (χ4v) is 3.36. The second-order valence-electron chi connectivity index (χ2n) is 7.56. The highest BCUT2D eigenvalue weighted by molar-refractivity contribution is 6.09. The van der Waals surface area contributed by atoms with E-state index < -0.39 is 5.97 Å². The molecule has 0 aliphatic rings. The summed E-state index contributed by atoms with van der Waals surface area (Å²) in [5, 5.41) is 7.69. The highest BCUT2D eigenvalue weighted by Gasteiger charge is 2.17. The molecule has 4 N–H and O–H groups in total. The van der Waals surface area contributed by atoms with Gasteiger partial charge in [0.1, 0.15) is 5.56 Å². The number of pyridine rings is 1. The molecule has 0 amide bonds. The number of benzene rings is 1. The van der Waals surface area contributed by atoms with Crippen LogP contribution in [0.4, 0.5) is 0 Å². The molecule has 0 aliphatic carbocycles. The van der Waals surface area contributed by atoms with Crippen molar-refractivity contribution >= 4 is 17.8 Å². The van der Waals surface area contributed by atoms with Crippen LogP contribution in [-0.2, 0) is 17.6 Å². The van der Waals surface area contributed by atoms with Crippen molar-refractivity contribution in [1.29, 1.82) is 5.41 Å².